The quantitative estimate of drug-likeness (QED) is 0.901. The first-order valence-corrected chi connectivity index (χ1v) is 7.96. The van der Waals surface area contributed by atoms with Crippen molar-refractivity contribution >= 4 is 17.2 Å². The maximum absolute atomic E-state index is 12.2. The minimum absolute atomic E-state index is 0.195. The lowest BCUT2D eigenvalue weighted by molar-refractivity contribution is -0.131. The maximum atomic E-state index is 12.2. The van der Waals surface area contributed by atoms with Gasteiger partial charge in [-0.2, -0.15) is 0 Å². The van der Waals surface area contributed by atoms with E-state index in [0.717, 1.165) is 37.4 Å². The third-order valence-electron chi connectivity index (χ3n) is 3.95. The van der Waals surface area contributed by atoms with Crippen LogP contribution in [-0.2, 0) is 10.3 Å². The molecule has 0 aromatic carbocycles. The molecule has 1 aliphatic heterocycles. The highest BCUT2D eigenvalue weighted by molar-refractivity contribution is 7.09. The van der Waals surface area contributed by atoms with Gasteiger partial charge in [-0.1, -0.05) is 6.92 Å². The van der Waals surface area contributed by atoms with Crippen LogP contribution < -0.4 is 5.32 Å². The van der Waals surface area contributed by atoms with Crippen molar-refractivity contribution in [3.63, 3.8) is 0 Å². The van der Waals surface area contributed by atoms with Crippen LogP contribution in [0.4, 0.5) is 0 Å². The zero-order valence-electron chi connectivity index (χ0n) is 11.8. The Bertz CT molecular complexity index is 401. The minimum Gasteiger partial charge on any atom is -0.342 e. The van der Waals surface area contributed by atoms with Gasteiger partial charge in [-0.15, -0.1) is 11.3 Å². The summed E-state index contributed by atoms with van der Waals surface area (Å²) in [6.07, 6.45) is 6.28. The van der Waals surface area contributed by atoms with Crippen molar-refractivity contribution in [2.75, 3.05) is 19.6 Å². The fraction of sp³-hybridized carbons (Fsp3) is 0.714. The van der Waals surface area contributed by atoms with Gasteiger partial charge in [0, 0.05) is 24.7 Å². The monoisotopic (exact) mass is 281 g/mol. The van der Waals surface area contributed by atoms with E-state index in [1.54, 1.807) is 11.3 Å². The number of carbonyl (C=O) groups excluding carboxylic acids is 1. The molecular formula is C14H23N3OS. The molecule has 0 bridgehead atoms. The van der Waals surface area contributed by atoms with Crippen molar-refractivity contribution in [1.82, 2.24) is 15.2 Å². The molecule has 19 heavy (non-hydrogen) atoms. The Hall–Kier alpha value is -0.940. The summed E-state index contributed by atoms with van der Waals surface area (Å²) < 4.78 is 0. The number of thiazole rings is 1. The Morgan fingerprint density at radius 1 is 1.47 bits per heavy atom. The van der Waals surface area contributed by atoms with Crippen LogP contribution in [0.5, 0.6) is 0 Å². The lowest BCUT2D eigenvalue weighted by Crippen LogP contribution is -2.47. The molecule has 1 aromatic rings. The average molecular weight is 281 g/mol. The molecule has 4 nitrogen and oxygen atoms in total. The average Bonchev–Trinajstić information content (AvgIpc) is 3.00. The topological polar surface area (TPSA) is 45.2 Å². The summed E-state index contributed by atoms with van der Waals surface area (Å²) in [6, 6.07) is 0. The van der Waals surface area contributed by atoms with Gasteiger partial charge in [0.2, 0.25) is 5.91 Å². The van der Waals surface area contributed by atoms with Crippen LogP contribution in [0.2, 0.25) is 0 Å². The fourth-order valence-corrected chi connectivity index (χ4v) is 3.22. The summed E-state index contributed by atoms with van der Waals surface area (Å²) in [7, 11) is 0. The molecule has 5 heteroatoms. The minimum atomic E-state index is -0.195. The van der Waals surface area contributed by atoms with Gasteiger partial charge in [0.25, 0.3) is 0 Å². The number of carbonyl (C=O) groups is 1. The number of likely N-dealkylation sites (tertiary alicyclic amines) is 1. The Balaban J connectivity index is 1.90. The van der Waals surface area contributed by atoms with E-state index >= 15 is 0 Å². The Morgan fingerprint density at radius 3 is 2.79 bits per heavy atom. The third kappa shape index (κ3) is 3.54. The van der Waals surface area contributed by atoms with Crippen molar-refractivity contribution in [2.24, 2.45) is 0 Å². The molecular weight excluding hydrogens is 258 g/mol. The zero-order chi connectivity index (χ0) is 13.7. The van der Waals surface area contributed by atoms with E-state index < -0.39 is 0 Å². The van der Waals surface area contributed by atoms with Gasteiger partial charge in [-0.25, -0.2) is 4.98 Å². The molecule has 0 aliphatic carbocycles. The van der Waals surface area contributed by atoms with Crippen LogP contribution in [0.15, 0.2) is 11.6 Å². The number of hydrogen-bond donors (Lipinski definition) is 1. The van der Waals surface area contributed by atoms with E-state index in [4.69, 9.17) is 0 Å². The number of nitrogens with one attached hydrogen (secondary N) is 1. The number of piperidine rings is 1. The van der Waals surface area contributed by atoms with Crippen LogP contribution >= 0.6 is 11.3 Å². The molecule has 1 saturated heterocycles. The molecule has 2 rings (SSSR count). The lowest BCUT2D eigenvalue weighted by atomic mass is 10.00. The van der Waals surface area contributed by atoms with Gasteiger partial charge < -0.3 is 4.90 Å². The molecule has 1 atom stereocenters. The SMILES string of the molecule is CC[C@](C)(NCC(=O)N1CCCCC1)c1nccs1. The van der Waals surface area contributed by atoms with Crippen LogP contribution in [0.3, 0.4) is 0 Å². The van der Waals surface area contributed by atoms with Crippen LogP contribution in [0, 0.1) is 0 Å². The number of nitrogens with zero attached hydrogens (tertiary/aromatic N) is 2. The summed E-state index contributed by atoms with van der Waals surface area (Å²) >= 11 is 1.64. The van der Waals surface area contributed by atoms with Crippen LogP contribution in [-0.4, -0.2) is 35.4 Å². The molecule has 0 radical (unpaired) electrons. The number of aromatic nitrogens is 1. The van der Waals surface area contributed by atoms with Crippen molar-refractivity contribution in [2.45, 2.75) is 45.1 Å². The van der Waals surface area contributed by atoms with Gasteiger partial charge in [-0.05, 0) is 32.6 Å². The highest BCUT2D eigenvalue weighted by atomic mass is 32.1. The molecule has 1 aromatic heterocycles. The lowest BCUT2D eigenvalue weighted by Gasteiger charge is -2.31. The van der Waals surface area contributed by atoms with E-state index in [0.29, 0.717) is 6.54 Å². The Morgan fingerprint density at radius 2 is 2.21 bits per heavy atom. The van der Waals surface area contributed by atoms with Crippen molar-refractivity contribution in [1.29, 1.82) is 0 Å². The smallest absolute Gasteiger partial charge is 0.236 e. The Labute approximate surface area is 119 Å². The molecule has 106 valence electrons. The predicted octanol–water partition coefficient (Wildman–Crippen LogP) is 2.37. The largest absolute Gasteiger partial charge is 0.342 e. The molecule has 1 amide bonds. The Kier molecular flexibility index (Phi) is 4.93. The first kappa shape index (κ1) is 14.5. The van der Waals surface area contributed by atoms with Crippen LogP contribution in [0.1, 0.15) is 44.5 Å². The number of hydrogen-bond acceptors (Lipinski definition) is 4. The predicted molar refractivity (Wildman–Crippen MR) is 78.2 cm³/mol. The number of rotatable bonds is 5. The summed E-state index contributed by atoms with van der Waals surface area (Å²) in [6.45, 7) is 6.49. The van der Waals surface area contributed by atoms with E-state index in [-0.39, 0.29) is 11.4 Å². The molecule has 0 unspecified atom stereocenters. The second kappa shape index (κ2) is 6.48. The van der Waals surface area contributed by atoms with Gasteiger partial charge in [-0.3, -0.25) is 10.1 Å². The second-order valence-corrected chi connectivity index (χ2v) is 6.21. The zero-order valence-corrected chi connectivity index (χ0v) is 12.6. The maximum Gasteiger partial charge on any atom is 0.236 e. The highest BCUT2D eigenvalue weighted by Gasteiger charge is 2.28. The third-order valence-corrected chi connectivity index (χ3v) is 4.99. The summed E-state index contributed by atoms with van der Waals surface area (Å²) in [5, 5.41) is 6.44. The van der Waals surface area contributed by atoms with Gasteiger partial charge >= 0.3 is 0 Å². The number of amides is 1. The second-order valence-electron chi connectivity index (χ2n) is 5.32. The fourth-order valence-electron chi connectivity index (χ4n) is 2.37. The van der Waals surface area contributed by atoms with Crippen molar-refractivity contribution < 1.29 is 4.79 Å². The molecule has 1 N–H and O–H groups in total. The van der Waals surface area contributed by atoms with Crippen molar-refractivity contribution in [3.8, 4) is 0 Å². The molecule has 0 saturated carbocycles. The van der Waals surface area contributed by atoms with E-state index in [9.17, 15) is 4.79 Å². The summed E-state index contributed by atoms with van der Waals surface area (Å²) in [5.41, 5.74) is -0.195. The molecule has 1 aliphatic rings. The highest BCUT2D eigenvalue weighted by Crippen LogP contribution is 2.26. The van der Waals surface area contributed by atoms with Crippen molar-refractivity contribution in [3.05, 3.63) is 16.6 Å². The van der Waals surface area contributed by atoms with Gasteiger partial charge in [0.1, 0.15) is 5.01 Å². The van der Waals surface area contributed by atoms with Gasteiger partial charge in [0.05, 0.1) is 12.1 Å². The molecule has 0 spiro atoms. The van der Waals surface area contributed by atoms with E-state index in [1.807, 2.05) is 16.5 Å². The standard InChI is InChI=1S/C14H23N3OS/c1-3-14(2,13-15-7-10-19-13)16-11-12(18)17-8-5-4-6-9-17/h7,10,16H,3-6,8-9,11H2,1-2H3/t14-/m0/s1. The molecule has 1 fully saturated rings. The molecule has 2 heterocycles. The normalized spacial score (nSPS) is 19.2. The summed E-state index contributed by atoms with van der Waals surface area (Å²) in [5.74, 6) is 0.218. The first-order chi connectivity index (χ1) is 9.15. The van der Waals surface area contributed by atoms with Crippen LogP contribution in [0.25, 0.3) is 0 Å². The summed E-state index contributed by atoms with van der Waals surface area (Å²) in [4.78, 5) is 18.5. The first-order valence-electron chi connectivity index (χ1n) is 7.08. The van der Waals surface area contributed by atoms with E-state index in [2.05, 4.69) is 24.1 Å². The van der Waals surface area contributed by atoms with Gasteiger partial charge in [0.15, 0.2) is 0 Å². The van der Waals surface area contributed by atoms with E-state index in [1.165, 1.54) is 6.42 Å².